The highest BCUT2D eigenvalue weighted by Crippen LogP contribution is 2.09. The summed E-state index contributed by atoms with van der Waals surface area (Å²) in [6, 6.07) is 3.83. The normalized spacial score (nSPS) is 11.6. The topological polar surface area (TPSA) is 90.1 Å². The van der Waals surface area contributed by atoms with Crippen LogP contribution in [-0.4, -0.2) is 21.8 Å². The first kappa shape index (κ1) is 12.3. The van der Waals surface area contributed by atoms with Crippen LogP contribution in [0.2, 0.25) is 0 Å². The molecule has 94 valence electrons. The average molecular weight is 264 g/mol. The second-order valence-electron chi connectivity index (χ2n) is 3.69. The fourth-order valence-electron chi connectivity index (χ4n) is 1.38. The van der Waals surface area contributed by atoms with Gasteiger partial charge in [-0.15, -0.1) is 11.3 Å². The van der Waals surface area contributed by atoms with E-state index in [1.165, 1.54) is 11.3 Å². The molecule has 7 heteroatoms. The Morgan fingerprint density at radius 1 is 1.44 bits per heavy atom. The monoisotopic (exact) mass is 264 g/mol. The number of nitrogens with zero attached hydrogens (tertiary/aromatic N) is 1. The number of amides is 1. The highest BCUT2D eigenvalue weighted by Gasteiger charge is 2.12. The molecule has 18 heavy (non-hydrogen) atoms. The van der Waals surface area contributed by atoms with Gasteiger partial charge in [0.1, 0.15) is 5.69 Å². The lowest BCUT2D eigenvalue weighted by Gasteiger charge is -1.99. The molecule has 0 atom stereocenters. The van der Waals surface area contributed by atoms with Crippen molar-refractivity contribution in [2.75, 3.05) is 0 Å². The summed E-state index contributed by atoms with van der Waals surface area (Å²) >= 11 is 1.54. The smallest absolute Gasteiger partial charge is 0.289 e. The summed E-state index contributed by atoms with van der Waals surface area (Å²) in [5.41, 5.74) is 3.36. The number of thiophene rings is 1. The Hall–Kier alpha value is -2.15. The van der Waals surface area contributed by atoms with Gasteiger partial charge in [0.05, 0.1) is 5.71 Å². The zero-order valence-corrected chi connectivity index (χ0v) is 10.7. The Kier molecular flexibility index (Phi) is 3.42. The second kappa shape index (κ2) is 5.01. The van der Waals surface area contributed by atoms with Crippen molar-refractivity contribution in [3.05, 3.63) is 44.0 Å². The van der Waals surface area contributed by atoms with Crippen LogP contribution in [0.4, 0.5) is 0 Å². The predicted octanol–water partition coefficient (Wildman–Crippen LogP) is 1.23. The predicted molar refractivity (Wildman–Crippen MR) is 70.1 cm³/mol. The van der Waals surface area contributed by atoms with Crippen molar-refractivity contribution in [3.63, 3.8) is 0 Å². The van der Waals surface area contributed by atoms with E-state index in [2.05, 4.69) is 20.7 Å². The number of rotatable bonds is 3. The van der Waals surface area contributed by atoms with Gasteiger partial charge in [0.2, 0.25) is 0 Å². The summed E-state index contributed by atoms with van der Waals surface area (Å²) in [6.07, 6.45) is 0. The van der Waals surface area contributed by atoms with Crippen LogP contribution in [0.3, 0.4) is 0 Å². The van der Waals surface area contributed by atoms with Crippen molar-refractivity contribution >= 4 is 23.0 Å². The Balaban J connectivity index is 2.11. The maximum absolute atomic E-state index is 11.7. The van der Waals surface area contributed by atoms with E-state index in [0.717, 1.165) is 4.88 Å². The first-order chi connectivity index (χ1) is 8.59. The molecule has 0 aliphatic carbocycles. The molecule has 2 aromatic rings. The second-order valence-corrected chi connectivity index (χ2v) is 4.64. The lowest BCUT2D eigenvalue weighted by Crippen LogP contribution is -2.21. The van der Waals surface area contributed by atoms with E-state index in [9.17, 15) is 9.59 Å². The molecule has 0 fully saturated rings. The van der Waals surface area contributed by atoms with Gasteiger partial charge in [0, 0.05) is 10.4 Å². The summed E-state index contributed by atoms with van der Waals surface area (Å²) < 4.78 is 0. The van der Waals surface area contributed by atoms with E-state index in [4.69, 9.17) is 0 Å². The summed E-state index contributed by atoms with van der Waals surface area (Å²) in [6.45, 7) is 3.37. The minimum absolute atomic E-state index is 0.197. The van der Waals surface area contributed by atoms with Crippen molar-refractivity contribution in [2.45, 2.75) is 13.8 Å². The van der Waals surface area contributed by atoms with Crippen molar-refractivity contribution in [2.24, 2.45) is 5.10 Å². The van der Waals surface area contributed by atoms with Gasteiger partial charge in [-0.05, 0) is 25.3 Å². The van der Waals surface area contributed by atoms with Gasteiger partial charge in [0.15, 0.2) is 0 Å². The summed E-state index contributed by atoms with van der Waals surface area (Å²) in [7, 11) is 0. The third kappa shape index (κ3) is 2.40. The lowest BCUT2D eigenvalue weighted by molar-refractivity contribution is 0.0949. The molecule has 0 radical (unpaired) electrons. The largest absolute Gasteiger partial charge is 0.293 e. The maximum atomic E-state index is 11.7. The molecular formula is C11H12N4O2S. The lowest BCUT2D eigenvalue weighted by atomic mass is 10.3. The number of hydrogen-bond acceptors (Lipinski definition) is 4. The number of aromatic nitrogens is 2. The van der Waals surface area contributed by atoms with E-state index in [-0.39, 0.29) is 11.3 Å². The van der Waals surface area contributed by atoms with Gasteiger partial charge in [0.25, 0.3) is 11.5 Å². The third-order valence-corrected chi connectivity index (χ3v) is 3.43. The van der Waals surface area contributed by atoms with Crippen LogP contribution < -0.4 is 11.0 Å². The summed E-state index contributed by atoms with van der Waals surface area (Å²) in [5.74, 6) is -0.443. The first-order valence-corrected chi connectivity index (χ1v) is 6.13. The molecule has 6 nitrogen and oxygen atoms in total. The summed E-state index contributed by atoms with van der Waals surface area (Å²) in [4.78, 5) is 23.9. The SMILES string of the molecule is C/C(=N/NC(=O)c1[nH][nH]c(=O)c1C)c1cccs1. The molecule has 0 spiro atoms. The fraction of sp³-hybridized carbons (Fsp3) is 0.182. The van der Waals surface area contributed by atoms with E-state index < -0.39 is 5.91 Å². The van der Waals surface area contributed by atoms with Gasteiger partial charge in [-0.3, -0.25) is 19.8 Å². The molecule has 0 aliphatic rings. The fourth-order valence-corrected chi connectivity index (χ4v) is 2.05. The van der Waals surface area contributed by atoms with Crippen LogP contribution in [0.25, 0.3) is 0 Å². The Morgan fingerprint density at radius 2 is 2.22 bits per heavy atom. The maximum Gasteiger partial charge on any atom is 0.289 e. The van der Waals surface area contributed by atoms with Gasteiger partial charge in [-0.2, -0.15) is 5.10 Å². The molecule has 0 unspecified atom stereocenters. The Bertz CT molecular complexity index is 636. The van der Waals surface area contributed by atoms with Gasteiger partial charge in [-0.25, -0.2) is 5.43 Å². The number of carbonyl (C=O) groups is 1. The number of H-pyrrole nitrogens is 2. The van der Waals surface area contributed by atoms with E-state index in [1.807, 2.05) is 17.5 Å². The van der Waals surface area contributed by atoms with Crippen molar-refractivity contribution < 1.29 is 4.79 Å². The van der Waals surface area contributed by atoms with Crippen LogP contribution in [-0.2, 0) is 0 Å². The molecule has 0 saturated carbocycles. The van der Waals surface area contributed by atoms with Crippen LogP contribution >= 0.6 is 11.3 Å². The Morgan fingerprint density at radius 3 is 2.78 bits per heavy atom. The number of hydrogen-bond donors (Lipinski definition) is 3. The van der Waals surface area contributed by atoms with Crippen LogP contribution in [0.15, 0.2) is 27.4 Å². The quantitative estimate of drug-likeness (QED) is 0.575. The van der Waals surface area contributed by atoms with Crippen molar-refractivity contribution in [1.82, 2.24) is 15.6 Å². The third-order valence-electron chi connectivity index (χ3n) is 2.45. The zero-order chi connectivity index (χ0) is 13.1. The molecule has 2 heterocycles. The minimum atomic E-state index is -0.443. The molecule has 0 aromatic carbocycles. The van der Waals surface area contributed by atoms with Crippen LogP contribution in [0.5, 0.6) is 0 Å². The number of nitrogens with one attached hydrogen (secondary N) is 3. The van der Waals surface area contributed by atoms with Gasteiger partial charge < -0.3 is 0 Å². The van der Waals surface area contributed by atoms with Crippen LogP contribution in [0, 0.1) is 6.92 Å². The van der Waals surface area contributed by atoms with Crippen LogP contribution in [0.1, 0.15) is 27.9 Å². The Labute approximate surface area is 107 Å². The summed E-state index contributed by atoms with van der Waals surface area (Å²) in [5, 5.41) is 10.8. The minimum Gasteiger partial charge on any atom is -0.293 e. The molecule has 0 bridgehead atoms. The molecule has 3 N–H and O–H groups in total. The molecule has 2 rings (SSSR count). The molecule has 2 aromatic heterocycles. The highest BCUT2D eigenvalue weighted by atomic mass is 32.1. The van der Waals surface area contributed by atoms with Crippen molar-refractivity contribution in [3.8, 4) is 0 Å². The van der Waals surface area contributed by atoms with E-state index in [0.29, 0.717) is 11.3 Å². The van der Waals surface area contributed by atoms with Gasteiger partial charge >= 0.3 is 0 Å². The molecule has 0 saturated heterocycles. The van der Waals surface area contributed by atoms with E-state index in [1.54, 1.807) is 13.8 Å². The number of hydrazone groups is 1. The zero-order valence-electron chi connectivity index (χ0n) is 9.90. The molecule has 0 aliphatic heterocycles. The number of aromatic amines is 2. The highest BCUT2D eigenvalue weighted by molar-refractivity contribution is 7.12. The molecule has 1 amide bonds. The first-order valence-electron chi connectivity index (χ1n) is 5.25. The molecular weight excluding hydrogens is 252 g/mol. The van der Waals surface area contributed by atoms with E-state index >= 15 is 0 Å². The number of carbonyl (C=O) groups excluding carboxylic acids is 1. The van der Waals surface area contributed by atoms with Gasteiger partial charge in [-0.1, -0.05) is 6.07 Å². The average Bonchev–Trinajstić information content (AvgIpc) is 2.98. The standard InChI is InChI=1S/C11H12N4O2S/c1-6-9(13-14-10(6)16)11(17)15-12-7(2)8-4-3-5-18-8/h3-5H,1-2H3,(H,15,17)(H2,13,14,16)/b12-7-. The van der Waals surface area contributed by atoms with Crippen molar-refractivity contribution in [1.29, 1.82) is 0 Å².